The molecule has 0 heterocycles. The summed E-state index contributed by atoms with van der Waals surface area (Å²) >= 11 is 0. The lowest BCUT2D eigenvalue weighted by Gasteiger charge is -2.21. The van der Waals surface area contributed by atoms with E-state index in [1.807, 2.05) is 7.05 Å². The Morgan fingerprint density at radius 3 is 2.20 bits per heavy atom. The summed E-state index contributed by atoms with van der Waals surface area (Å²) in [6, 6.07) is 19.9. The van der Waals surface area contributed by atoms with E-state index in [0.717, 1.165) is 13.0 Å². The van der Waals surface area contributed by atoms with Crippen molar-refractivity contribution in [3.63, 3.8) is 0 Å². The van der Waals surface area contributed by atoms with Crippen LogP contribution in [0.5, 0.6) is 0 Å². The van der Waals surface area contributed by atoms with Gasteiger partial charge in [-0.25, -0.2) is 0 Å². The van der Waals surface area contributed by atoms with E-state index in [9.17, 15) is 0 Å². The monoisotopic (exact) mass is 268 g/mol. The standard InChI is InChI=1S/C18H24N2/c1-4-18(19-2)16-10-12-17(13-11-16)20(3)14-15-8-6-5-7-9-15/h5-13,18-19H,4,14H2,1-3H3. The molecule has 0 fully saturated rings. The summed E-state index contributed by atoms with van der Waals surface area (Å²) in [6.45, 7) is 3.14. The van der Waals surface area contributed by atoms with Crippen LogP contribution in [-0.2, 0) is 6.54 Å². The first-order chi connectivity index (χ1) is 9.74. The van der Waals surface area contributed by atoms with Crippen molar-refractivity contribution in [2.24, 2.45) is 0 Å². The molecule has 2 nitrogen and oxygen atoms in total. The van der Waals surface area contributed by atoms with Crippen molar-refractivity contribution in [1.29, 1.82) is 0 Å². The molecule has 0 aromatic heterocycles. The molecular weight excluding hydrogens is 244 g/mol. The van der Waals surface area contributed by atoms with Crippen molar-refractivity contribution in [2.45, 2.75) is 25.9 Å². The Bertz CT molecular complexity index is 501. The van der Waals surface area contributed by atoms with Crippen LogP contribution in [0.1, 0.15) is 30.5 Å². The van der Waals surface area contributed by atoms with Crippen LogP contribution in [0.4, 0.5) is 5.69 Å². The van der Waals surface area contributed by atoms with Crippen LogP contribution < -0.4 is 10.2 Å². The minimum absolute atomic E-state index is 0.448. The number of nitrogens with one attached hydrogen (secondary N) is 1. The lowest BCUT2D eigenvalue weighted by molar-refractivity contribution is 0.577. The van der Waals surface area contributed by atoms with E-state index in [4.69, 9.17) is 0 Å². The molecule has 0 radical (unpaired) electrons. The Kier molecular flexibility index (Phi) is 5.19. The molecule has 106 valence electrons. The van der Waals surface area contributed by atoms with Crippen molar-refractivity contribution in [1.82, 2.24) is 5.32 Å². The summed E-state index contributed by atoms with van der Waals surface area (Å²) in [4.78, 5) is 2.28. The molecule has 0 spiro atoms. The van der Waals surface area contributed by atoms with Gasteiger partial charge in [0, 0.05) is 25.3 Å². The average Bonchev–Trinajstić information content (AvgIpc) is 2.50. The van der Waals surface area contributed by atoms with Crippen LogP contribution in [0.3, 0.4) is 0 Å². The van der Waals surface area contributed by atoms with E-state index in [0.29, 0.717) is 6.04 Å². The Labute approximate surface area is 122 Å². The lowest BCUT2D eigenvalue weighted by atomic mass is 10.0. The van der Waals surface area contributed by atoms with Crippen molar-refractivity contribution in [3.05, 3.63) is 65.7 Å². The maximum Gasteiger partial charge on any atom is 0.0426 e. The molecule has 2 aromatic rings. The van der Waals surface area contributed by atoms with Gasteiger partial charge in [0.1, 0.15) is 0 Å². The van der Waals surface area contributed by atoms with E-state index in [2.05, 4.69) is 78.8 Å². The minimum atomic E-state index is 0.448. The summed E-state index contributed by atoms with van der Waals surface area (Å²) in [5, 5.41) is 3.34. The van der Waals surface area contributed by atoms with E-state index in [-0.39, 0.29) is 0 Å². The van der Waals surface area contributed by atoms with Crippen molar-refractivity contribution < 1.29 is 0 Å². The zero-order valence-corrected chi connectivity index (χ0v) is 12.6. The van der Waals surface area contributed by atoms with Gasteiger partial charge in [-0.15, -0.1) is 0 Å². The number of nitrogens with zero attached hydrogens (tertiary/aromatic N) is 1. The van der Waals surface area contributed by atoms with Gasteiger partial charge in [-0.05, 0) is 36.7 Å². The SMILES string of the molecule is CCC(NC)c1ccc(N(C)Cc2ccccc2)cc1. The Balaban J connectivity index is 2.06. The molecule has 0 aliphatic heterocycles. The van der Waals surface area contributed by atoms with E-state index in [1.165, 1.54) is 16.8 Å². The largest absolute Gasteiger partial charge is 0.370 e. The summed E-state index contributed by atoms with van der Waals surface area (Å²) in [5.41, 5.74) is 3.94. The van der Waals surface area contributed by atoms with Gasteiger partial charge in [-0.1, -0.05) is 49.4 Å². The van der Waals surface area contributed by atoms with Gasteiger partial charge in [0.15, 0.2) is 0 Å². The topological polar surface area (TPSA) is 15.3 Å². The summed E-state index contributed by atoms with van der Waals surface area (Å²) < 4.78 is 0. The number of hydrogen-bond donors (Lipinski definition) is 1. The Hall–Kier alpha value is -1.80. The zero-order chi connectivity index (χ0) is 14.4. The second kappa shape index (κ2) is 7.11. The molecule has 2 rings (SSSR count). The first-order valence-corrected chi connectivity index (χ1v) is 7.27. The van der Waals surface area contributed by atoms with Crippen molar-refractivity contribution >= 4 is 5.69 Å². The maximum absolute atomic E-state index is 3.34. The molecule has 0 aliphatic rings. The van der Waals surface area contributed by atoms with Gasteiger partial charge in [0.2, 0.25) is 0 Å². The highest BCUT2D eigenvalue weighted by atomic mass is 15.1. The highest BCUT2D eigenvalue weighted by Crippen LogP contribution is 2.21. The molecule has 2 aromatic carbocycles. The molecule has 0 saturated carbocycles. The summed E-state index contributed by atoms with van der Waals surface area (Å²) in [6.07, 6.45) is 1.11. The third kappa shape index (κ3) is 3.61. The molecule has 0 bridgehead atoms. The van der Waals surface area contributed by atoms with Gasteiger partial charge in [0.05, 0.1) is 0 Å². The fourth-order valence-corrected chi connectivity index (χ4v) is 2.52. The molecule has 2 heteroatoms. The third-order valence-corrected chi connectivity index (χ3v) is 3.76. The minimum Gasteiger partial charge on any atom is -0.370 e. The number of benzene rings is 2. The second-order valence-corrected chi connectivity index (χ2v) is 5.18. The maximum atomic E-state index is 3.34. The van der Waals surface area contributed by atoms with E-state index >= 15 is 0 Å². The van der Waals surface area contributed by atoms with Crippen LogP contribution in [0, 0.1) is 0 Å². The van der Waals surface area contributed by atoms with Gasteiger partial charge < -0.3 is 10.2 Å². The smallest absolute Gasteiger partial charge is 0.0426 e. The molecule has 0 amide bonds. The van der Waals surface area contributed by atoms with E-state index in [1.54, 1.807) is 0 Å². The molecule has 20 heavy (non-hydrogen) atoms. The molecule has 0 aliphatic carbocycles. The highest BCUT2D eigenvalue weighted by molar-refractivity contribution is 5.47. The van der Waals surface area contributed by atoms with E-state index < -0.39 is 0 Å². The quantitative estimate of drug-likeness (QED) is 0.852. The van der Waals surface area contributed by atoms with Gasteiger partial charge >= 0.3 is 0 Å². The normalized spacial score (nSPS) is 12.2. The van der Waals surface area contributed by atoms with Gasteiger partial charge in [-0.3, -0.25) is 0 Å². The van der Waals surface area contributed by atoms with Crippen molar-refractivity contribution in [2.75, 3.05) is 19.0 Å². The molecule has 0 saturated heterocycles. The van der Waals surface area contributed by atoms with Crippen LogP contribution in [0.25, 0.3) is 0 Å². The van der Waals surface area contributed by atoms with Crippen LogP contribution in [-0.4, -0.2) is 14.1 Å². The third-order valence-electron chi connectivity index (χ3n) is 3.76. The fraction of sp³-hybridized carbons (Fsp3) is 0.333. The number of anilines is 1. The molecule has 1 unspecified atom stereocenters. The highest BCUT2D eigenvalue weighted by Gasteiger charge is 2.07. The summed E-state index contributed by atoms with van der Waals surface area (Å²) in [5.74, 6) is 0. The Morgan fingerprint density at radius 2 is 1.65 bits per heavy atom. The zero-order valence-electron chi connectivity index (χ0n) is 12.6. The fourth-order valence-electron chi connectivity index (χ4n) is 2.52. The average molecular weight is 268 g/mol. The lowest BCUT2D eigenvalue weighted by Crippen LogP contribution is -2.17. The van der Waals surface area contributed by atoms with Crippen LogP contribution in [0.15, 0.2) is 54.6 Å². The van der Waals surface area contributed by atoms with Gasteiger partial charge in [0.25, 0.3) is 0 Å². The number of rotatable bonds is 6. The molecule has 1 atom stereocenters. The Morgan fingerprint density at radius 1 is 1.00 bits per heavy atom. The first kappa shape index (κ1) is 14.6. The van der Waals surface area contributed by atoms with Gasteiger partial charge in [-0.2, -0.15) is 0 Å². The second-order valence-electron chi connectivity index (χ2n) is 5.18. The number of hydrogen-bond acceptors (Lipinski definition) is 2. The molecule has 1 N–H and O–H groups in total. The summed E-state index contributed by atoms with van der Waals surface area (Å²) in [7, 11) is 4.15. The predicted octanol–water partition coefficient (Wildman–Crippen LogP) is 3.99. The molecular formula is C18H24N2. The predicted molar refractivity (Wildman–Crippen MR) is 87.1 cm³/mol. The van der Waals surface area contributed by atoms with Crippen LogP contribution in [0.2, 0.25) is 0 Å². The van der Waals surface area contributed by atoms with Crippen LogP contribution >= 0.6 is 0 Å². The first-order valence-electron chi connectivity index (χ1n) is 7.27. The van der Waals surface area contributed by atoms with Crippen molar-refractivity contribution in [3.8, 4) is 0 Å².